The predicted molar refractivity (Wildman–Crippen MR) is 242 cm³/mol. The molecule has 0 saturated carbocycles. The minimum absolute atomic E-state index is 0.0661. The van der Waals surface area contributed by atoms with Crippen LogP contribution in [0.5, 0.6) is 0 Å². The van der Waals surface area contributed by atoms with Gasteiger partial charge in [0, 0.05) is 38.6 Å². The number of fused-ring (bicyclic) bond motifs is 6. The molecule has 2 heteroatoms. The maximum absolute atomic E-state index is 2.48. The molecule has 1 heterocycles. The van der Waals surface area contributed by atoms with Gasteiger partial charge >= 0.3 is 0 Å². The van der Waals surface area contributed by atoms with E-state index < -0.39 is 0 Å². The average molecular weight is 731 g/mol. The highest BCUT2D eigenvalue weighted by Gasteiger charge is 2.37. The lowest BCUT2D eigenvalue weighted by Crippen LogP contribution is -2.18. The van der Waals surface area contributed by atoms with Gasteiger partial charge in [-0.25, -0.2) is 0 Å². The minimum Gasteiger partial charge on any atom is -0.310 e. The van der Waals surface area contributed by atoms with Crippen LogP contribution in [0.3, 0.4) is 0 Å². The van der Waals surface area contributed by atoms with Crippen molar-refractivity contribution >= 4 is 55.2 Å². The molecule has 0 unspecified atom stereocenters. The molecule has 0 aliphatic heterocycles. The lowest BCUT2D eigenvalue weighted by atomic mass is 9.80. The fourth-order valence-corrected chi connectivity index (χ4v) is 9.73. The minimum atomic E-state index is -0.0661. The molecule has 0 radical (unpaired) electrons. The first-order valence-corrected chi connectivity index (χ1v) is 20.2. The molecule has 1 aromatic heterocycles. The van der Waals surface area contributed by atoms with Crippen molar-refractivity contribution in [3.8, 4) is 27.9 Å². The quantitative estimate of drug-likeness (QED) is 0.165. The third-order valence-corrected chi connectivity index (χ3v) is 12.5. The van der Waals surface area contributed by atoms with Crippen LogP contribution in [0.1, 0.15) is 37.8 Å². The Morgan fingerprint density at radius 3 is 2.02 bits per heavy atom. The number of hydrogen-bond donors (Lipinski definition) is 0. The number of benzene rings is 8. The van der Waals surface area contributed by atoms with E-state index in [-0.39, 0.29) is 5.41 Å². The molecule has 0 N–H and O–H groups in total. The summed E-state index contributed by atoms with van der Waals surface area (Å²) in [7, 11) is 0. The fraction of sp³-hybridized carbons (Fsp3) is 0.0909. The summed E-state index contributed by atoms with van der Waals surface area (Å²) >= 11 is 0. The zero-order valence-electron chi connectivity index (χ0n) is 32.3. The van der Waals surface area contributed by atoms with Crippen LogP contribution in [-0.2, 0) is 5.41 Å². The summed E-state index contributed by atoms with van der Waals surface area (Å²) in [4.78, 5) is 2.48. The first kappa shape index (κ1) is 33.4. The van der Waals surface area contributed by atoms with Gasteiger partial charge in [0.1, 0.15) is 0 Å². The molecule has 2 nitrogen and oxygen atoms in total. The van der Waals surface area contributed by atoms with Crippen LogP contribution < -0.4 is 4.90 Å². The van der Waals surface area contributed by atoms with Gasteiger partial charge in [-0.3, -0.25) is 0 Å². The second kappa shape index (κ2) is 13.1. The van der Waals surface area contributed by atoms with E-state index in [4.69, 9.17) is 0 Å². The standard InChI is InChI=1S/C55H42N2/c1-55(2)50-26-13-11-23-45(50)46-30-29-42(36-51(46)55)56(41-21-15-18-38(34-41)37-16-5-3-6-17-37)53-33-31-43(44-22-9-10-24-47(44)53)39-28-32-54-49(35-39)48-25-12-14-27-52(48)57(54)40-19-7-4-8-20-40/h3-10,12-22,24-36H,11,23H2,1-2H3. The molecular formula is C55H42N2. The van der Waals surface area contributed by atoms with Crippen LogP contribution in [0, 0.1) is 0 Å². The van der Waals surface area contributed by atoms with E-state index in [2.05, 4.69) is 217 Å². The number of allylic oxidation sites excluding steroid dienone is 4. The molecule has 2 aliphatic carbocycles. The number of aromatic nitrogens is 1. The molecule has 57 heavy (non-hydrogen) atoms. The van der Waals surface area contributed by atoms with Crippen LogP contribution in [0.2, 0.25) is 0 Å². The Kier molecular flexibility index (Phi) is 7.69. The van der Waals surface area contributed by atoms with Crippen molar-refractivity contribution in [2.75, 3.05) is 4.90 Å². The molecule has 0 atom stereocenters. The zero-order chi connectivity index (χ0) is 38.1. The van der Waals surface area contributed by atoms with Gasteiger partial charge in [0.25, 0.3) is 0 Å². The summed E-state index contributed by atoms with van der Waals surface area (Å²) in [6.07, 6.45) is 6.94. The van der Waals surface area contributed by atoms with Gasteiger partial charge in [0.15, 0.2) is 0 Å². The van der Waals surface area contributed by atoms with E-state index >= 15 is 0 Å². The normalized spacial score (nSPS) is 14.4. The third-order valence-electron chi connectivity index (χ3n) is 12.5. The molecule has 0 saturated heterocycles. The number of para-hydroxylation sites is 2. The van der Waals surface area contributed by atoms with Crippen LogP contribution in [0.4, 0.5) is 17.1 Å². The molecule has 0 bridgehead atoms. The van der Waals surface area contributed by atoms with E-state index in [1.165, 1.54) is 88.5 Å². The Labute approximate surface area is 334 Å². The number of hydrogen-bond acceptors (Lipinski definition) is 1. The van der Waals surface area contributed by atoms with Gasteiger partial charge in [0.2, 0.25) is 0 Å². The average Bonchev–Trinajstić information content (AvgIpc) is 3.72. The first-order chi connectivity index (χ1) is 28.0. The van der Waals surface area contributed by atoms with Crippen molar-refractivity contribution < 1.29 is 0 Å². The summed E-state index contributed by atoms with van der Waals surface area (Å²) in [5, 5.41) is 4.96. The monoisotopic (exact) mass is 730 g/mol. The van der Waals surface area contributed by atoms with Gasteiger partial charge in [-0.1, -0.05) is 147 Å². The number of rotatable bonds is 6. The van der Waals surface area contributed by atoms with E-state index in [1.807, 2.05) is 0 Å². The molecule has 0 spiro atoms. The van der Waals surface area contributed by atoms with Gasteiger partial charge in [0.05, 0.1) is 16.7 Å². The van der Waals surface area contributed by atoms with E-state index in [1.54, 1.807) is 0 Å². The van der Waals surface area contributed by atoms with E-state index in [9.17, 15) is 0 Å². The number of anilines is 3. The molecule has 2 aliphatic rings. The van der Waals surface area contributed by atoms with Crippen molar-refractivity contribution in [2.45, 2.75) is 32.1 Å². The van der Waals surface area contributed by atoms with Crippen molar-refractivity contribution in [3.63, 3.8) is 0 Å². The molecule has 0 fully saturated rings. The van der Waals surface area contributed by atoms with Crippen LogP contribution in [0.15, 0.2) is 200 Å². The van der Waals surface area contributed by atoms with Crippen molar-refractivity contribution in [3.05, 3.63) is 211 Å². The molecule has 272 valence electrons. The molecular weight excluding hydrogens is 689 g/mol. The molecule has 11 rings (SSSR count). The Bertz CT molecular complexity index is 3090. The highest BCUT2D eigenvalue weighted by Crippen LogP contribution is 2.52. The maximum atomic E-state index is 2.48. The molecule has 8 aromatic carbocycles. The molecule has 0 amide bonds. The lowest BCUT2D eigenvalue weighted by Gasteiger charge is -2.30. The lowest BCUT2D eigenvalue weighted by molar-refractivity contribution is 0.651. The van der Waals surface area contributed by atoms with Crippen LogP contribution in [-0.4, -0.2) is 4.57 Å². The van der Waals surface area contributed by atoms with Crippen molar-refractivity contribution in [1.82, 2.24) is 4.57 Å². The second-order valence-electron chi connectivity index (χ2n) is 16.0. The summed E-state index contributed by atoms with van der Waals surface area (Å²) < 4.78 is 2.39. The summed E-state index contributed by atoms with van der Waals surface area (Å²) in [6.45, 7) is 4.79. The van der Waals surface area contributed by atoms with E-state index in [0.717, 1.165) is 24.2 Å². The van der Waals surface area contributed by atoms with Crippen LogP contribution >= 0.6 is 0 Å². The van der Waals surface area contributed by atoms with E-state index in [0.29, 0.717) is 0 Å². The maximum Gasteiger partial charge on any atom is 0.0541 e. The summed E-state index contributed by atoms with van der Waals surface area (Å²) in [5.74, 6) is 0. The highest BCUT2D eigenvalue weighted by molar-refractivity contribution is 6.12. The van der Waals surface area contributed by atoms with Crippen LogP contribution in [0.25, 0.3) is 66.1 Å². The summed E-state index contributed by atoms with van der Waals surface area (Å²) in [6, 6.07) is 67.0. The van der Waals surface area contributed by atoms with Gasteiger partial charge in [-0.15, -0.1) is 0 Å². The van der Waals surface area contributed by atoms with Gasteiger partial charge in [-0.2, -0.15) is 0 Å². The Morgan fingerprint density at radius 2 is 1.18 bits per heavy atom. The second-order valence-corrected chi connectivity index (χ2v) is 16.0. The van der Waals surface area contributed by atoms with Gasteiger partial charge in [-0.05, 0) is 123 Å². The highest BCUT2D eigenvalue weighted by atomic mass is 15.1. The van der Waals surface area contributed by atoms with Crippen molar-refractivity contribution in [1.29, 1.82) is 0 Å². The fourth-order valence-electron chi connectivity index (χ4n) is 9.73. The first-order valence-electron chi connectivity index (χ1n) is 20.2. The predicted octanol–water partition coefficient (Wildman–Crippen LogP) is 15.1. The Morgan fingerprint density at radius 1 is 0.491 bits per heavy atom. The third kappa shape index (κ3) is 5.32. The Balaban J connectivity index is 1.10. The largest absolute Gasteiger partial charge is 0.310 e. The zero-order valence-corrected chi connectivity index (χ0v) is 32.3. The van der Waals surface area contributed by atoms with Crippen molar-refractivity contribution in [2.24, 2.45) is 0 Å². The smallest absolute Gasteiger partial charge is 0.0541 e. The number of nitrogens with zero attached hydrogens (tertiary/aromatic N) is 2. The molecule has 9 aromatic rings. The summed E-state index contributed by atoms with van der Waals surface area (Å²) in [5.41, 5.74) is 17.6. The topological polar surface area (TPSA) is 8.17 Å². The SMILES string of the molecule is CC1(C)C2=C(CCC=C2)c2ccc(N(c3cccc(-c4ccccc4)c3)c3ccc(-c4ccc5c(c4)c4ccccc4n5-c4ccccc4)c4ccccc34)cc21. The Hall–Kier alpha value is -6.90. The van der Waals surface area contributed by atoms with Gasteiger partial charge < -0.3 is 9.47 Å².